The van der Waals surface area contributed by atoms with E-state index in [1.54, 1.807) is 0 Å². The molecule has 33 heavy (non-hydrogen) atoms. The van der Waals surface area contributed by atoms with Crippen LogP contribution in [0.5, 0.6) is 0 Å². The summed E-state index contributed by atoms with van der Waals surface area (Å²) in [5.41, 5.74) is 0. The van der Waals surface area contributed by atoms with Gasteiger partial charge in [-0.2, -0.15) is 0 Å². The van der Waals surface area contributed by atoms with Gasteiger partial charge in [-0.1, -0.05) is 43.6 Å². The third-order valence-corrected chi connectivity index (χ3v) is 4.83. The molecule has 0 aliphatic carbocycles. The molecule has 0 fully saturated rings. The Kier molecular flexibility index (Phi) is 30.0. The van der Waals surface area contributed by atoms with E-state index < -0.39 is 30.3 Å². The number of hydrogen-bond acceptors (Lipinski definition) is 6. The minimum absolute atomic E-state index is 0. The van der Waals surface area contributed by atoms with E-state index in [-0.39, 0.29) is 71.6 Å². The fourth-order valence-corrected chi connectivity index (χ4v) is 3.06. The Morgan fingerprint density at radius 2 is 1.24 bits per heavy atom. The summed E-state index contributed by atoms with van der Waals surface area (Å²) in [6.45, 7) is 1.82. The number of amides is 1. The molecule has 0 aromatic rings. The van der Waals surface area contributed by atoms with Crippen LogP contribution < -0.4 is 74.6 Å². The molecule has 0 aliphatic heterocycles. The topological polar surface area (TPSA) is 130 Å². The van der Waals surface area contributed by atoms with Crippen LogP contribution in [0.25, 0.3) is 0 Å². The van der Waals surface area contributed by atoms with Crippen molar-refractivity contribution in [2.75, 3.05) is 0 Å². The molecule has 0 radical (unpaired) electrons. The molecule has 7 nitrogen and oxygen atoms in total. The molecule has 0 bridgehead atoms. The largest absolute Gasteiger partial charge is 1.00 e. The number of carbonyl (C=O) groups is 3. The number of allylic oxidation sites excluding steroid dienone is 4. The molecule has 0 unspecified atom stereocenters. The van der Waals surface area contributed by atoms with Crippen molar-refractivity contribution in [3.8, 4) is 0 Å². The average Bonchev–Trinajstić information content (AvgIpc) is 2.69. The fraction of sp³-hybridized carbons (Fsp3) is 0.708. The quantitative estimate of drug-likeness (QED) is 0.103. The zero-order chi connectivity index (χ0) is 23.3. The van der Waals surface area contributed by atoms with E-state index in [0.29, 0.717) is 12.8 Å². The molecule has 0 aromatic heterocycles. The van der Waals surface area contributed by atoms with E-state index in [1.165, 1.54) is 25.7 Å². The van der Waals surface area contributed by atoms with Crippen LogP contribution in [-0.4, -0.2) is 35.1 Å². The summed E-state index contributed by atoms with van der Waals surface area (Å²) < 4.78 is 0. The molecular formula is C24H39NNa2O6. The number of hydrogen-bond donors (Lipinski definition) is 2. The molecule has 0 spiro atoms. The van der Waals surface area contributed by atoms with E-state index in [4.69, 9.17) is 0 Å². The van der Waals surface area contributed by atoms with Crippen molar-refractivity contribution in [3.05, 3.63) is 24.3 Å². The van der Waals surface area contributed by atoms with Crippen LogP contribution in [0.4, 0.5) is 0 Å². The van der Waals surface area contributed by atoms with Crippen LogP contribution in [0.15, 0.2) is 24.3 Å². The Labute approximate surface area is 243 Å². The molecule has 1 amide bonds. The summed E-state index contributed by atoms with van der Waals surface area (Å²) in [5, 5.41) is 32.6. The third kappa shape index (κ3) is 28.0. The normalized spacial score (nSPS) is 12.7. The minimum Gasteiger partial charge on any atom is -0.550 e. The van der Waals surface area contributed by atoms with Gasteiger partial charge in [0.15, 0.2) is 0 Å². The zero-order valence-corrected chi connectivity index (χ0v) is 24.9. The van der Waals surface area contributed by atoms with Crippen molar-refractivity contribution in [1.82, 2.24) is 5.32 Å². The number of nitrogens with one attached hydrogen (secondary N) is 1. The number of aliphatic hydroxyl groups is 1. The van der Waals surface area contributed by atoms with Crippen LogP contribution in [-0.2, 0) is 14.4 Å². The molecule has 0 aliphatic rings. The van der Waals surface area contributed by atoms with Crippen LogP contribution in [0.1, 0.15) is 96.8 Å². The number of unbranched alkanes of at least 4 members (excludes halogenated alkanes) is 8. The van der Waals surface area contributed by atoms with E-state index in [0.717, 1.165) is 38.5 Å². The Balaban J connectivity index is -0.00000450. The summed E-state index contributed by atoms with van der Waals surface area (Å²) in [5.74, 6) is -3.68. The van der Waals surface area contributed by atoms with Crippen LogP contribution >= 0.6 is 0 Å². The van der Waals surface area contributed by atoms with Gasteiger partial charge in [-0.15, -0.1) is 0 Å². The molecule has 0 heterocycles. The summed E-state index contributed by atoms with van der Waals surface area (Å²) in [6, 6.07) is -1.55. The first kappa shape index (κ1) is 37.4. The van der Waals surface area contributed by atoms with E-state index in [9.17, 15) is 29.7 Å². The van der Waals surface area contributed by atoms with Crippen molar-refractivity contribution >= 4 is 17.8 Å². The second-order valence-corrected chi connectivity index (χ2v) is 7.98. The van der Waals surface area contributed by atoms with Gasteiger partial charge in [0.2, 0.25) is 5.91 Å². The monoisotopic (exact) mass is 483 g/mol. The van der Waals surface area contributed by atoms with Gasteiger partial charge < -0.3 is 30.2 Å². The number of rotatable bonds is 20. The van der Waals surface area contributed by atoms with Crippen molar-refractivity contribution < 1.29 is 88.8 Å². The maximum absolute atomic E-state index is 11.7. The first-order valence-corrected chi connectivity index (χ1v) is 11.5. The van der Waals surface area contributed by atoms with Crippen LogP contribution in [0, 0.1) is 0 Å². The van der Waals surface area contributed by atoms with Gasteiger partial charge >= 0.3 is 59.1 Å². The zero-order valence-electron chi connectivity index (χ0n) is 20.9. The molecule has 178 valence electrons. The maximum atomic E-state index is 11.7. The van der Waals surface area contributed by atoms with Crippen molar-refractivity contribution in [1.29, 1.82) is 0 Å². The average molecular weight is 484 g/mol. The number of carboxylic acids is 2. The number of aliphatic carboxylic acids is 2. The summed E-state index contributed by atoms with van der Waals surface area (Å²) in [7, 11) is 0. The van der Waals surface area contributed by atoms with Gasteiger partial charge in [-0.05, 0) is 64.7 Å². The van der Waals surface area contributed by atoms with Crippen molar-refractivity contribution in [3.63, 3.8) is 0 Å². The molecule has 0 saturated carbocycles. The Morgan fingerprint density at radius 3 is 1.70 bits per heavy atom. The van der Waals surface area contributed by atoms with E-state index >= 15 is 0 Å². The number of carboxylic acid groups (broad SMARTS) is 2. The number of carbonyl (C=O) groups excluding carboxylic acids is 3. The fourth-order valence-electron chi connectivity index (χ4n) is 3.06. The summed E-state index contributed by atoms with van der Waals surface area (Å²) in [6.07, 6.45) is 20.1. The van der Waals surface area contributed by atoms with Gasteiger partial charge in [0.05, 0.1) is 18.1 Å². The molecule has 0 rings (SSSR count). The van der Waals surface area contributed by atoms with Crippen molar-refractivity contribution in [2.24, 2.45) is 0 Å². The third-order valence-electron chi connectivity index (χ3n) is 4.83. The van der Waals surface area contributed by atoms with E-state index in [2.05, 4.69) is 23.5 Å². The Hall–Kier alpha value is -0.150. The van der Waals surface area contributed by atoms with Crippen LogP contribution in [0.3, 0.4) is 0 Å². The van der Waals surface area contributed by atoms with Gasteiger partial charge in [0, 0.05) is 18.8 Å². The second kappa shape index (κ2) is 26.5. The molecule has 9 heteroatoms. The second-order valence-electron chi connectivity index (χ2n) is 7.98. The molecule has 0 aromatic carbocycles. The maximum Gasteiger partial charge on any atom is 1.00 e. The standard InChI is InChI=1S/C24H41NO6.2Na/c1-20(26)17-15-13-11-9-7-5-3-2-4-6-8-10-12-14-16-18-22(27)25-21(24(30)31)19-23(28)29;;/h9-12,20-21,26H,2-8,13-19H2,1H3,(H,25,27)(H,28,29)(H,30,31);;/q;2*+1/p-2/b11-9-,12-10-;;/t20-,21+;;/m1../s1. The first-order valence-electron chi connectivity index (χ1n) is 11.5. The smallest absolute Gasteiger partial charge is 0.550 e. The van der Waals surface area contributed by atoms with Gasteiger partial charge in [0.25, 0.3) is 0 Å². The minimum atomic E-state index is -1.63. The predicted octanol–water partition coefficient (Wildman–Crippen LogP) is -4.07. The summed E-state index contributed by atoms with van der Waals surface area (Å²) >= 11 is 0. The van der Waals surface area contributed by atoms with Gasteiger partial charge in [-0.25, -0.2) is 0 Å². The summed E-state index contributed by atoms with van der Waals surface area (Å²) in [4.78, 5) is 32.9. The Bertz CT molecular complexity index is 567. The number of aliphatic hydroxyl groups excluding tert-OH is 1. The van der Waals surface area contributed by atoms with Gasteiger partial charge in [0.1, 0.15) is 0 Å². The van der Waals surface area contributed by atoms with Gasteiger partial charge in [-0.3, -0.25) is 4.79 Å². The molecule has 2 N–H and O–H groups in total. The van der Waals surface area contributed by atoms with Crippen molar-refractivity contribution in [2.45, 2.75) is 109 Å². The SMILES string of the molecule is C[C@@H](O)CCC/C=C\CCCCCCC/C=C\CCCC(=O)N[C@@H](CC(=O)[O-])C(=O)[O-].[Na+].[Na+]. The molecule has 2 atom stereocenters. The predicted molar refractivity (Wildman–Crippen MR) is 117 cm³/mol. The van der Waals surface area contributed by atoms with Crippen LogP contribution in [0.2, 0.25) is 0 Å². The molecule has 0 saturated heterocycles. The molecular weight excluding hydrogens is 444 g/mol. The Morgan fingerprint density at radius 1 is 0.788 bits per heavy atom. The van der Waals surface area contributed by atoms with E-state index in [1.807, 2.05) is 13.0 Å². The first-order chi connectivity index (χ1) is 14.8.